The van der Waals surface area contributed by atoms with E-state index in [2.05, 4.69) is 10.1 Å². The highest BCUT2D eigenvalue weighted by Gasteiger charge is 2.46. The van der Waals surface area contributed by atoms with Gasteiger partial charge in [-0.2, -0.15) is 18.2 Å². The molecule has 2 fully saturated rings. The third-order valence-electron chi connectivity index (χ3n) is 5.73. The molecule has 0 bridgehead atoms. The Morgan fingerprint density at radius 2 is 1.76 bits per heavy atom. The van der Waals surface area contributed by atoms with Crippen LogP contribution in [0.3, 0.4) is 0 Å². The van der Waals surface area contributed by atoms with E-state index in [1.54, 1.807) is 6.07 Å². The Bertz CT molecular complexity index is 774. The quantitative estimate of drug-likeness (QED) is 0.896. The molecule has 1 aromatic heterocycles. The predicted octanol–water partition coefficient (Wildman–Crippen LogP) is 4.29. The summed E-state index contributed by atoms with van der Waals surface area (Å²) in [7, 11) is 0. The summed E-state index contributed by atoms with van der Waals surface area (Å²) in [6.07, 6.45) is 1.51. The first-order valence-electron chi connectivity index (χ1n) is 8.65. The summed E-state index contributed by atoms with van der Waals surface area (Å²) in [6.45, 7) is 0. The molecule has 2 N–H and O–H groups in total. The van der Waals surface area contributed by atoms with Crippen molar-refractivity contribution in [3.8, 4) is 0 Å². The minimum Gasteiger partial charge on any atom is -0.338 e. The molecule has 1 aromatic carbocycles. The maximum atomic E-state index is 13.1. The predicted molar refractivity (Wildman–Crippen MR) is 84.7 cm³/mol. The number of rotatable bonds is 3. The number of halogens is 3. The van der Waals surface area contributed by atoms with Crippen LogP contribution in [0.15, 0.2) is 28.8 Å². The Kier molecular flexibility index (Phi) is 3.68. The lowest BCUT2D eigenvalue weighted by Crippen LogP contribution is -2.44. The van der Waals surface area contributed by atoms with E-state index in [0.717, 1.165) is 38.2 Å². The molecule has 134 valence electrons. The van der Waals surface area contributed by atoms with Crippen LogP contribution in [-0.2, 0) is 17.1 Å². The Hall–Kier alpha value is -1.89. The molecule has 4 nitrogen and oxygen atoms in total. The highest BCUT2D eigenvalue weighted by molar-refractivity contribution is 5.37. The van der Waals surface area contributed by atoms with Crippen molar-refractivity contribution in [2.45, 2.75) is 62.1 Å². The van der Waals surface area contributed by atoms with Crippen LogP contribution >= 0.6 is 0 Å². The second-order valence-corrected chi connectivity index (χ2v) is 7.30. The van der Waals surface area contributed by atoms with Gasteiger partial charge in [0.05, 0.1) is 16.5 Å². The van der Waals surface area contributed by atoms with Crippen molar-refractivity contribution < 1.29 is 17.7 Å². The van der Waals surface area contributed by atoms with Gasteiger partial charge in [0.15, 0.2) is 5.82 Å². The Labute approximate surface area is 143 Å². The zero-order valence-electron chi connectivity index (χ0n) is 13.8. The van der Waals surface area contributed by atoms with E-state index in [0.29, 0.717) is 30.1 Å². The first kappa shape index (κ1) is 16.6. The van der Waals surface area contributed by atoms with E-state index in [1.807, 2.05) is 0 Å². The maximum absolute atomic E-state index is 13.1. The summed E-state index contributed by atoms with van der Waals surface area (Å²) in [5, 5.41) is 4.06. The van der Waals surface area contributed by atoms with Gasteiger partial charge in [-0.15, -0.1) is 0 Å². The lowest BCUT2D eigenvalue weighted by atomic mass is 9.76. The van der Waals surface area contributed by atoms with Gasteiger partial charge in [-0.3, -0.25) is 0 Å². The number of alkyl halides is 3. The average Bonchev–Trinajstić information content (AvgIpc) is 3.22. The topological polar surface area (TPSA) is 64.9 Å². The Morgan fingerprint density at radius 3 is 2.36 bits per heavy atom. The number of nitrogens with zero attached hydrogens (tertiary/aromatic N) is 2. The number of hydrogen-bond acceptors (Lipinski definition) is 4. The van der Waals surface area contributed by atoms with Crippen molar-refractivity contribution in [3.05, 3.63) is 47.1 Å². The molecule has 0 aliphatic heterocycles. The molecule has 2 aliphatic rings. The molecule has 0 atom stereocenters. The van der Waals surface area contributed by atoms with Gasteiger partial charge < -0.3 is 10.3 Å². The summed E-state index contributed by atoms with van der Waals surface area (Å²) >= 11 is 0. The molecular formula is C18H20F3N3O. The van der Waals surface area contributed by atoms with Crippen LogP contribution in [-0.4, -0.2) is 10.1 Å². The Balaban J connectivity index is 1.76. The van der Waals surface area contributed by atoms with Crippen LogP contribution in [0.2, 0.25) is 0 Å². The maximum Gasteiger partial charge on any atom is 0.416 e. The fourth-order valence-electron chi connectivity index (χ4n) is 4.00. The number of benzene rings is 1. The third-order valence-corrected chi connectivity index (χ3v) is 5.73. The normalized spacial score (nSPS) is 21.9. The van der Waals surface area contributed by atoms with Gasteiger partial charge in [0, 0.05) is 0 Å². The molecule has 7 heteroatoms. The molecule has 2 aromatic rings. The van der Waals surface area contributed by atoms with Gasteiger partial charge in [0.2, 0.25) is 5.89 Å². The van der Waals surface area contributed by atoms with Gasteiger partial charge in [0.1, 0.15) is 0 Å². The zero-order valence-corrected chi connectivity index (χ0v) is 13.8. The standard InChI is InChI=1S/C18H20F3N3O/c19-18(20,21)13-6-3-5-12(11-13)16(7-1-2-8-16)15-23-14(24-25-15)17(22)9-4-10-17/h3,5-6,11H,1-2,4,7-10,22H2. The molecule has 0 amide bonds. The molecule has 0 unspecified atom stereocenters. The van der Waals surface area contributed by atoms with Gasteiger partial charge in [-0.1, -0.05) is 36.2 Å². The van der Waals surface area contributed by atoms with Crippen molar-refractivity contribution in [3.63, 3.8) is 0 Å². The van der Waals surface area contributed by atoms with Gasteiger partial charge in [-0.05, 0) is 43.7 Å². The monoisotopic (exact) mass is 351 g/mol. The minimum atomic E-state index is -4.37. The van der Waals surface area contributed by atoms with Gasteiger partial charge >= 0.3 is 6.18 Å². The fraction of sp³-hybridized carbons (Fsp3) is 0.556. The van der Waals surface area contributed by atoms with Crippen LogP contribution in [0.4, 0.5) is 13.2 Å². The first-order chi connectivity index (χ1) is 11.8. The molecule has 0 spiro atoms. The van der Waals surface area contributed by atoms with Crippen LogP contribution in [0, 0.1) is 0 Å². The van der Waals surface area contributed by atoms with Crippen molar-refractivity contribution in [2.24, 2.45) is 5.73 Å². The number of nitrogens with two attached hydrogens (primary N) is 1. The van der Waals surface area contributed by atoms with Gasteiger partial charge in [0.25, 0.3) is 0 Å². The molecule has 2 aliphatic carbocycles. The lowest BCUT2D eigenvalue weighted by Gasteiger charge is -2.34. The fourth-order valence-corrected chi connectivity index (χ4v) is 4.00. The first-order valence-corrected chi connectivity index (χ1v) is 8.65. The Morgan fingerprint density at radius 1 is 1.04 bits per heavy atom. The van der Waals surface area contributed by atoms with Crippen molar-refractivity contribution in [1.29, 1.82) is 0 Å². The molecule has 25 heavy (non-hydrogen) atoms. The lowest BCUT2D eigenvalue weighted by molar-refractivity contribution is -0.137. The van der Waals surface area contributed by atoms with E-state index >= 15 is 0 Å². The zero-order chi connectivity index (χ0) is 17.7. The summed E-state index contributed by atoms with van der Waals surface area (Å²) in [5.41, 5.74) is 5.02. The van der Waals surface area contributed by atoms with Crippen LogP contribution in [0.5, 0.6) is 0 Å². The van der Waals surface area contributed by atoms with Crippen molar-refractivity contribution >= 4 is 0 Å². The van der Waals surface area contributed by atoms with E-state index in [9.17, 15) is 13.2 Å². The summed E-state index contributed by atoms with van der Waals surface area (Å²) in [6, 6.07) is 5.49. The average molecular weight is 351 g/mol. The highest BCUT2D eigenvalue weighted by Crippen LogP contribution is 2.47. The summed E-state index contributed by atoms with van der Waals surface area (Å²) < 4.78 is 44.9. The molecule has 0 radical (unpaired) electrons. The highest BCUT2D eigenvalue weighted by atomic mass is 19.4. The summed E-state index contributed by atoms with van der Waals surface area (Å²) in [4.78, 5) is 4.54. The van der Waals surface area contributed by atoms with E-state index < -0.39 is 22.7 Å². The number of hydrogen-bond donors (Lipinski definition) is 1. The molecule has 4 rings (SSSR count). The third kappa shape index (κ3) is 2.65. The minimum absolute atomic E-state index is 0.399. The van der Waals surface area contributed by atoms with Crippen molar-refractivity contribution in [1.82, 2.24) is 10.1 Å². The van der Waals surface area contributed by atoms with Crippen molar-refractivity contribution in [2.75, 3.05) is 0 Å². The smallest absolute Gasteiger partial charge is 0.338 e. The SMILES string of the molecule is NC1(c2noc(C3(c4cccc(C(F)(F)F)c4)CCCC3)n2)CCC1. The largest absolute Gasteiger partial charge is 0.416 e. The molecule has 0 saturated heterocycles. The van der Waals surface area contributed by atoms with Gasteiger partial charge in [-0.25, -0.2) is 0 Å². The van der Waals surface area contributed by atoms with Crippen LogP contribution in [0.1, 0.15) is 67.8 Å². The van der Waals surface area contributed by atoms with E-state index in [-0.39, 0.29) is 0 Å². The second-order valence-electron chi connectivity index (χ2n) is 7.30. The van der Waals surface area contributed by atoms with Crippen LogP contribution < -0.4 is 5.73 Å². The number of aromatic nitrogens is 2. The molecule has 2 saturated carbocycles. The van der Waals surface area contributed by atoms with Crippen LogP contribution in [0.25, 0.3) is 0 Å². The molecule has 1 heterocycles. The summed E-state index contributed by atoms with van der Waals surface area (Å²) in [5.74, 6) is 0.878. The van der Waals surface area contributed by atoms with E-state index in [1.165, 1.54) is 12.1 Å². The second kappa shape index (κ2) is 5.56. The molecular weight excluding hydrogens is 331 g/mol. The van der Waals surface area contributed by atoms with E-state index in [4.69, 9.17) is 10.3 Å².